The van der Waals surface area contributed by atoms with Crippen LogP contribution in [0, 0.1) is 32.1 Å². The summed E-state index contributed by atoms with van der Waals surface area (Å²) in [6, 6.07) is 18.4. The summed E-state index contributed by atoms with van der Waals surface area (Å²) < 4.78 is 2.10. The van der Waals surface area contributed by atoms with E-state index in [4.69, 9.17) is 4.98 Å². The summed E-state index contributed by atoms with van der Waals surface area (Å²) in [5.41, 5.74) is 7.28. The van der Waals surface area contributed by atoms with Gasteiger partial charge in [0.2, 0.25) is 5.91 Å². The summed E-state index contributed by atoms with van der Waals surface area (Å²) in [5.74, 6) is 1.05. The van der Waals surface area contributed by atoms with Crippen LogP contribution in [-0.4, -0.2) is 52.9 Å². The van der Waals surface area contributed by atoms with Crippen LogP contribution in [0.15, 0.2) is 48.5 Å². The van der Waals surface area contributed by atoms with Gasteiger partial charge in [-0.15, -0.1) is 0 Å². The molecular weight excluding hydrogens is 424 g/mol. The average Bonchev–Trinajstić information content (AvgIpc) is 3.21. The predicted molar refractivity (Wildman–Crippen MR) is 135 cm³/mol. The molecule has 172 valence electrons. The molecule has 5 rings (SSSR count). The van der Waals surface area contributed by atoms with Crippen LogP contribution in [0.2, 0.25) is 0 Å². The summed E-state index contributed by atoms with van der Waals surface area (Å²) in [4.78, 5) is 22.0. The molecule has 34 heavy (non-hydrogen) atoms. The Labute approximate surface area is 199 Å². The second kappa shape index (κ2) is 8.81. The number of aryl methyl sites for hydroxylation is 2. The number of aromatic nitrogens is 2. The second-order valence-corrected chi connectivity index (χ2v) is 8.99. The van der Waals surface area contributed by atoms with Crippen molar-refractivity contribution in [2.75, 3.05) is 42.9 Å². The van der Waals surface area contributed by atoms with Crippen molar-refractivity contribution in [1.29, 1.82) is 5.26 Å². The summed E-state index contributed by atoms with van der Waals surface area (Å²) in [6.45, 7) is 9.58. The van der Waals surface area contributed by atoms with Crippen LogP contribution in [0.4, 0.5) is 11.5 Å². The Morgan fingerprint density at radius 3 is 2.56 bits per heavy atom. The molecule has 0 radical (unpaired) electrons. The van der Waals surface area contributed by atoms with Crippen LogP contribution < -0.4 is 10.2 Å². The van der Waals surface area contributed by atoms with Crippen LogP contribution in [0.25, 0.3) is 16.7 Å². The lowest BCUT2D eigenvalue weighted by Crippen LogP contribution is -2.49. The van der Waals surface area contributed by atoms with Crippen molar-refractivity contribution in [1.82, 2.24) is 14.3 Å². The van der Waals surface area contributed by atoms with E-state index in [1.165, 1.54) is 5.56 Å². The van der Waals surface area contributed by atoms with Crippen molar-refractivity contribution >= 4 is 34.1 Å². The minimum absolute atomic E-state index is 0.0133. The number of carbonyl (C=O) groups is 1. The Hall–Kier alpha value is -3.89. The number of nitrogens with one attached hydrogen (secondary N) is 1. The lowest BCUT2D eigenvalue weighted by atomic mass is 10.1. The number of amides is 1. The molecule has 0 unspecified atom stereocenters. The van der Waals surface area contributed by atoms with E-state index < -0.39 is 0 Å². The van der Waals surface area contributed by atoms with Gasteiger partial charge < -0.3 is 10.2 Å². The van der Waals surface area contributed by atoms with Gasteiger partial charge in [-0.05, 0) is 61.7 Å². The van der Waals surface area contributed by atoms with Crippen molar-refractivity contribution in [3.8, 4) is 6.07 Å². The van der Waals surface area contributed by atoms with Gasteiger partial charge in [0.1, 0.15) is 11.9 Å². The molecule has 1 aliphatic heterocycles. The zero-order chi connectivity index (χ0) is 23.8. The van der Waals surface area contributed by atoms with Crippen LogP contribution in [-0.2, 0) is 4.79 Å². The van der Waals surface area contributed by atoms with Crippen LogP contribution in [0.1, 0.15) is 22.3 Å². The van der Waals surface area contributed by atoms with Crippen molar-refractivity contribution < 1.29 is 4.79 Å². The first kappa shape index (κ1) is 21.9. The number of imidazole rings is 1. The first-order valence-electron chi connectivity index (χ1n) is 11.6. The van der Waals surface area contributed by atoms with E-state index in [2.05, 4.69) is 44.6 Å². The number of pyridine rings is 1. The Morgan fingerprint density at radius 2 is 1.79 bits per heavy atom. The number of hydrogen-bond acceptors (Lipinski definition) is 5. The third-order valence-electron chi connectivity index (χ3n) is 6.81. The molecule has 2 aromatic carbocycles. The number of fused-ring (bicyclic) bond motifs is 3. The number of piperazine rings is 1. The summed E-state index contributed by atoms with van der Waals surface area (Å²) in [6.07, 6.45) is 0. The van der Waals surface area contributed by atoms with Gasteiger partial charge in [0.25, 0.3) is 0 Å². The van der Waals surface area contributed by atoms with Gasteiger partial charge >= 0.3 is 0 Å². The predicted octanol–water partition coefficient (Wildman–Crippen LogP) is 4.05. The SMILES string of the molecule is Cc1cccc(NC(=O)CN2CCN(c3cc(C)c(C#N)c4nc5ccccc5n34)CC2)c1C. The third kappa shape index (κ3) is 3.87. The molecule has 1 fully saturated rings. The molecule has 0 atom stereocenters. The topological polar surface area (TPSA) is 76.7 Å². The minimum atomic E-state index is 0.0133. The number of nitriles is 1. The molecule has 0 bridgehead atoms. The molecule has 1 aliphatic rings. The number of para-hydroxylation sites is 2. The fraction of sp³-hybridized carbons (Fsp3) is 0.296. The third-order valence-corrected chi connectivity index (χ3v) is 6.81. The summed E-state index contributed by atoms with van der Waals surface area (Å²) in [5, 5.41) is 12.8. The Balaban J connectivity index is 1.34. The van der Waals surface area contributed by atoms with E-state index in [0.29, 0.717) is 17.8 Å². The van der Waals surface area contributed by atoms with Gasteiger partial charge in [-0.3, -0.25) is 14.1 Å². The smallest absolute Gasteiger partial charge is 0.238 e. The van der Waals surface area contributed by atoms with E-state index >= 15 is 0 Å². The van der Waals surface area contributed by atoms with Gasteiger partial charge in [0.15, 0.2) is 5.65 Å². The van der Waals surface area contributed by atoms with Crippen LogP contribution >= 0.6 is 0 Å². The number of hydrogen-bond donors (Lipinski definition) is 1. The van der Waals surface area contributed by atoms with E-state index in [0.717, 1.165) is 59.8 Å². The monoisotopic (exact) mass is 452 g/mol. The first-order chi connectivity index (χ1) is 16.5. The zero-order valence-electron chi connectivity index (χ0n) is 19.8. The van der Waals surface area contributed by atoms with E-state index in [1.807, 2.05) is 50.2 Å². The Morgan fingerprint density at radius 1 is 1.03 bits per heavy atom. The fourth-order valence-electron chi connectivity index (χ4n) is 4.72. The highest BCUT2D eigenvalue weighted by molar-refractivity contribution is 5.93. The Bertz CT molecular complexity index is 1440. The molecule has 3 heterocycles. The van der Waals surface area contributed by atoms with Crippen molar-refractivity contribution in [2.24, 2.45) is 0 Å². The maximum Gasteiger partial charge on any atom is 0.238 e. The van der Waals surface area contributed by atoms with Gasteiger partial charge in [-0.25, -0.2) is 4.98 Å². The fourth-order valence-corrected chi connectivity index (χ4v) is 4.72. The lowest BCUT2D eigenvalue weighted by Gasteiger charge is -2.36. The molecular formula is C27H28N6O. The quantitative estimate of drug-likeness (QED) is 0.506. The van der Waals surface area contributed by atoms with Gasteiger partial charge in [-0.2, -0.15) is 5.26 Å². The number of carbonyl (C=O) groups excluding carboxylic acids is 1. The standard InChI is InChI=1S/C27H28N6O/c1-18-7-6-9-22(20(18)3)29-25(34)17-31-11-13-32(14-12-31)26-15-19(2)21(16-28)27-30-23-8-4-5-10-24(23)33(26)27/h4-10,15H,11-14,17H2,1-3H3,(H,29,34). The van der Waals surface area contributed by atoms with Crippen LogP contribution in [0.5, 0.6) is 0 Å². The summed E-state index contributed by atoms with van der Waals surface area (Å²) in [7, 11) is 0. The van der Waals surface area contributed by atoms with Crippen molar-refractivity contribution in [3.05, 3.63) is 70.8 Å². The van der Waals surface area contributed by atoms with Crippen molar-refractivity contribution in [2.45, 2.75) is 20.8 Å². The second-order valence-electron chi connectivity index (χ2n) is 8.99. The molecule has 1 saturated heterocycles. The maximum atomic E-state index is 12.7. The maximum absolute atomic E-state index is 12.7. The highest BCUT2D eigenvalue weighted by Gasteiger charge is 2.23. The highest BCUT2D eigenvalue weighted by atomic mass is 16.2. The van der Waals surface area contributed by atoms with E-state index in [9.17, 15) is 10.1 Å². The molecule has 7 heteroatoms. The molecule has 0 spiro atoms. The lowest BCUT2D eigenvalue weighted by molar-refractivity contribution is -0.117. The normalized spacial score (nSPS) is 14.5. The number of rotatable bonds is 4. The zero-order valence-corrected chi connectivity index (χ0v) is 19.8. The van der Waals surface area contributed by atoms with Gasteiger partial charge in [-0.1, -0.05) is 24.3 Å². The summed E-state index contributed by atoms with van der Waals surface area (Å²) >= 11 is 0. The molecule has 2 aromatic heterocycles. The largest absolute Gasteiger partial charge is 0.355 e. The van der Waals surface area contributed by atoms with Gasteiger partial charge in [0, 0.05) is 31.9 Å². The highest BCUT2D eigenvalue weighted by Crippen LogP contribution is 2.29. The molecule has 0 aliphatic carbocycles. The van der Waals surface area contributed by atoms with Crippen molar-refractivity contribution in [3.63, 3.8) is 0 Å². The number of anilines is 2. The molecule has 0 saturated carbocycles. The molecule has 7 nitrogen and oxygen atoms in total. The van der Waals surface area contributed by atoms with Crippen LogP contribution in [0.3, 0.4) is 0 Å². The molecule has 1 N–H and O–H groups in total. The van der Waals surface area contributed by atoms with E-state index in [-0.39, 0.29) is 5.91 Å². The molecule has 1 amide bonds. The average molecular weight is 453 g/mol. The Kier molecular flexibility index (Phi) is 5.68. The molecule has 4 aromatic rings. The number of benzene rings is 2. The van der Waals surface area contributed by atoms with E-state index in [1.54, 1.807) is 0 Å². The first-order valence-corrected chi connectivity index (χ1v) is 11.6. The minimum Gasteiger partial charge on any atom is -0.355 e. The number of nitrogens with zero attached hydrogens (tertiary/aromatic N) is 5. The van der Waals surface area contributed by atoms with Gasteiger partial charge in [0.05, 0.1) is 23.1 Å².